The Hall–Kier alpha value is -2.96. The van der Waals surface area contributed by atoms with Crippen LogP contribution in [0.5, 0.6) is 0 Å². The molecule has 1 saturated carbocycles. The van der Waals surface area contributed by atoms with Crippen molar-refractivity contribution in [2.45, 2.75) is 50.6 Å². The first-order valence-electron chi connectivity index (χ1n) is 9.90. The fourth-order valence-corrected chi connectivity index (χ4v) is 4.06. The Kier molecular flexibility index (Phi) is 4.22. The number of benzene rings is 1. The molecular weight excluding hydrogens is 356 g/mol. The zero-order chi connectivity index (χ0) is 19.1. The molecule has 1 aliphatic carbocycles. The van der Waals surface area contributed by atoms with Crippen LogP contribution in [0.25, 0.3) is 11.0 Å². The standard InChI is InChI=1S/C21H22N4O3/c26-20-10-9-17(14-7-8-14)22-25(20)13-15-4-3-11-24(15)21(27)12-18-16-5-1-2-6-19(16)28-23-18/h1-2,5-6,9-10,14-15H,3-4,7-8,11-13H2. The number of nitrogens with zero attached hydrogens (tertiary/aromatic N) is 4. The zero-order valence-electron chi connectivity index (χ0n) is 15.6. The number of rotatable bonds is 5. The molecule has 144 valence electrons. The molecule has 7 nitrogen and oxygen atoms in total. The minimum absolute atomic E-state index is 0.00896. The van der Waals surface area contributed by atoms with Crippen molar-refractivity contribution >= 4 is 16.9 Å². The molecule has 1 unspecified atom stereocenters. The Morgan fingerprint density at radius 2 is 2.00 bits per heavy atom. The summed E-state index contributed by atoms with van der Waals surface area (Å²) in [7, 11) is 0. The first-order valence-corrected chi connectivity index (χ1v) is 9.90. The lowest BCUT2D eigenvalue weighted by molar-refractivity contribution is -0.131. The molecule has 1 aliphatic heterocycles. The summed E-state index contributed by atoms with van der Waals surface area (Å²) in [4.78, 5) is 27.1. The predicted octanol–water partition coefficient (Wildman–Crippen LogP) is 2.50. The summed E-state index contributed by atoms with van der Waals surface area (Å²) in [5.41, 5.74) is 2.24. The molecule has 7 heteroatoms. The van der Waals surface area contributed by atoms with Crippen molar-refractivity contribution in [3.8, 4) is 0 Å². The highest BCUT2D eigenvalue weighted by Gasteiger charge is 2.31. The molecular formula is C21H22N4O3. The van der Waals surface area contributed by atoms with Crippen LogP contribution in [0.3, 0.4) is 0 Å². The Balaban J connectivity index is 1.33. The van der Waals surface area contributed by atoms with Gasteiger partial charge in [-0.1, -0.05) is 17.3 Å². The van der Waals surface area contributed by atoms with Crippen LogP contribution in [0.15, 0.2) is 45.7 Å². The molecule has 2 aliphatic rings. The van der Waals surface area contributed by atoms with E-state index >= 15 is 0 Å². The molecule has 2 fully saturated rings. The van der Waals surface area contributed by atoms with Gasteiger partial charge in [0.25, 0.3) is 5.56 Å². The highest BCUT2D eigenvalue weighted by molar-refractivity contribution is 5.86. The van der Waals surface area contributed by atoms with Gasteiger partial charge in [-0.05, 0) is 43.9 Å². The number of fused-ring (bicyclic) bond motifs is 1. The van der Waals surface area contributed by atoms with Crippen molar-refractivity contribution in [3.63, 3.8) is 0 Å². The van der Waals surface area contributed by atoms with Crippen LogP contribution < -0.4 is 5.56 Å². The number of hydrogen-bond donors (Lipinski definition) is 0. The molecule has 1 aromatic carbocycles. The summed E-state index contributed by atoms with van der Waals surface area (Å²) in [6.45, 7) is 1.15. The van der Waals surface area contributed by atoms with Crippen LogP contribution in [0.2, 0.25) is 0 Å². The fraction of sp³-hybridized carbons (Fsp3) is 0.429. The largest absolute Gasteiger partial charge is 0.356 e. The summed E-state index contributed by atoms with van der Waals surface area (Å²) in [6, 6.07) is 11.0. The van der Waals surface area contributed by atoms with E-state index in [4.69, 9.17) is 4.52 Å². The molecule has 3 heterocycles. The Labute approximate surface area is 161 Å². The zero-order valence-corrected chi connectivity index (χ0v) is 15.6. The monoisotopic (exact) mass is 378 g/mol. The van der Waals surface area contributed by atoms with E-state index in [1.54, 1.807) is 6.07 Å². The topological polar surface area (TPSA) is 81.2 Å². The third-order valence-electron chi connectivity index (χ3n) is 5.73. The van der Waals surface area contributed by atoms with Crippen molar-refractivity contribution < 1.29 is 9.32 Å². The molecule has 0 N–H and O–H groups in total. The Bertz CT molecular complexity index is 1080. The summed E-state index contributed by atoms with van der Waals surface area (Å²) in [6.07, 6.45) is 4.31. The molecule has 5 rings (SSSR count). The molecule has 0 radical (unpaired) electrons. The van der Waals surface area contributed by atoms with Gasteiger partial charge in [-0.3, -0.25) is 9.59 Å². The third kappa shape index (κ3) is 3.21. The van der Waals surface area contributed by atoms with Crippen molar-refractivity contribution in [2.75, 3.05) is 6.54 Å². The lowest BCUT2D eigenvalue weighted by atomic mass is 10.1. The van der Waals surface area contributed by atoms with Gasteiger partial charge < -0.3 is 9.42 Å². The molecule has 0 spiro atoms. The maximum Gasteiger partial charge on any atom is 0.266 e. The highest BCUT2D eigenvalue weighted by atomic mass is 16.5. The van der Waals surface area contributed by atoms with Crippen LogP contribution in [0.4, 0.5) is 0 Å². The average molecular weight is 378 g/mol. The van der Waals surface area contributed by atoms with E-state index in [1.807, 2.05) is 35.2 Å². The number of amides is 1. The molecule has 1 amide bonds. The van der Waals surface area contributed by atoms with E-state index in [0.717, 1.165) is 36.8 Å². The summed E-state index contributed by atoms with van der Waals surface area (Å²) < 4.78 is 6.85. The van der Waals surface area contributed by atoms with Crippen LogP contribution in [0, 0.1) is 0 Å². The summed E-state index contributed by atoms with van der Waals surface area (Å²) >= 11 is 0. The first-order chi connectivity index (χ1) is 13.7. The summed E-state index contributed by atoms with van der Waals surface area (Å²) in [5.74, 6) is 0.515. The smallest absolute Gasteiger partial charge is 0.266 e. The SMILES string of the molecule is O=C(Cc1noc2ccccc12)N1CCCC1Cn1nc(C2CC2)ccc1=O. The van der Waals surface area contributed by atoms with Gasteiger partial charge in [-0.15, -0.1) is 0 Å². The normalized spacial score (nSPS) is 19.4. The third-order valence-corrected chi connectivity index (χ3v) is 5.73. The van der Waals surface area contributed by atoms with Gasteiger partial charge in [0.05, 0.1) is 24.7 Å². The molecule has 28 heavy (non-hydrogen) atoms. The van der Waals surface area contributed by atoms with E-state index in [9.17, 15) is 9.59 Å². The van der Waals surface area contributed by atoms with Gasteiger partial charge >= 0.3 is 0 Å². The molecule has 2 aromatic heterocycles. The maximum atomic E-state index is 13.0. The molecule has 3 aromatic rings. The van der Waals surface area contributed by atoms with Crippen LogP contribution >= 0.6 is 0 Å². The van der Waals surface area contributed by atoms with Crippen LogP contribution in [0.1, 0.15) is 43.0 Å². The number of hydrogen-bond acceptors (Lipinski definition) is 5. The predicted molar refractivity (Wildman–Crippen MR) is 103 cm³/mol. The van der Waals surface area contributed by atoms with E-state index < -0.39 is 0 Å². The first kappa shape index (κ1) is 17.2. The minimum Gasteiger partial charge on any atom is -0.356 e. The second-order valence-electron chi connectivity index (χ2n) is 7.74. The van der Waals surface area contributed by atoms with Gasteiger partial charge in [-0.2, -0.15) is 5.10 Å². The van der Waals surface area contributed by atoms with Crippen molar-refractivity contribution in [1.82, 2.24) is 19.8 Å². The molecule has 1 atom stereocenters. The molecule has 0 bridgehead atoms. The Morgan fingerprint density at radius 1 is 1.14 bits per heavy atom. The Morgan fingerprint density at radius 3 is 2.86 bits per heavy atom. The van der Waals surface area contributed by atoms with Gasteiger partial charge in [-0.25, -0.2) is 4.68 Å². The maximum absolute atomic E-state index is 13.0. The van der Waals surface area contributed by atoms with Crippen molar-refractivity contribution in [3.05, 3.63) is 58.1 Å². The van der Waals surface area contributed by atoms with E-state index in [1.165, 1.54) is 4.68 Å². The van der Waals surface area contributed by atoms with Crippen molar-refractivity contribution in [1.29, 1.82) is 0 Å². The van der Waals surface area contributed by atoms with Gasteiger partial charge in [0.2, 0.25) is 5.91 Å². The van der Waals surface area contributed by atoms with Crippen LogP contribution in [-0.4, -0.2) is 38.3 Å². The van der Waals surface area contributed by atoms with Gasteiger partial charge in [0.1, 0.15) is 5.69 Å². The quantitative estimate of drug-likeness (QED) is 0.681. The van der Waals surface area contributed by atoms with Crippen molar-refractivity contribution in [2.24, 2.45) is 0 Å². The van der Waals surface area contributed by atoms with Gasteiger partial charge in [0, 0.05) is 23.9 Å². The van der Waals surface area contributed by atoms with E-state index in [2.05, 4.69) is 10.3 Å². The van der Waals surface area contributed by atoms with Gasteiger partial charge in [0.15, 0.2) is 5.58 Å². The number of para-hydroxylation sites is 1. The molecule has 1 saturated heterocycles. The number of likely N-dealkylation sites (tertiary alicyclic amines) is 1. The highest BCUT2D eigenvalue weighted by Crippen LogP contribution is 2.38. The number of aromatic nitrogens is 3. The second-order valence-corrected chi connectivity index (χ2v) is 7.74. The van der Waals surface area contributed by atoms with E-state index in [0.29, 0.717) is 30.3 Å². The summed E-state index contributed by atoms with van der Waals surface area (Å²) in [5, 5.41) is 9.50. The average Bonchev–Trinajstić information content (AvgIpc) is 3.32. The van der Waals surface area contributed by atoms with E-state index in [-0.39, 0.29) is 23.9 Å². The van der Waals surface area contributed by atoms with Crippen LogP contribution in [-0.2, 0) is 17.8 Å². The number of carbonyl (C=O) groups is 1. The number of carbonyl (C=O) groups excluding carboxylic acids is 1. The minimum atomic E-state index is -0.105. The lowest BCUT2D eigenvalue weighted by Gasteiger charge is -2.25. The lowest BCUT2D eigenvalue weighted by Crippen LogP contribution is -2.41. The second kappa shape index (κ2) is 6.89. The fourth-order valence-electron chi connectivity index (χ4n) is 4.06.